The first kappa shape index (κ1) is 10.5. The quantitative estimate of drug-likeness (QED) is 0.608. The van der Waals surface area contributed by atoms with Crippen molar-refractivity contribution in [3.8, 4) is 0 Å². The first-order valence-corrected chi connectivity index (χ1v) is 4.49. The summed E-state index contributed by atoms with van der Waals surface area (Å²) in [6.45, 7) is 1.72. The molecule has 1 aliphatic rings. The fourth-order valence-corrected chi connectivity index (χ4v) is 1.09. The molecule has 1 rings (SSSR count). The van der Waals surface area contributed by atoms with E-state index < -0.39 is 0 Å². The van der Waals surface area contributed by atoms with Gasteiger partial charge in [-0.15, -0.1) is 0 Å². The summed E-state index contributed by atoms with van der Waals surface area (Å²) in [5.41, 5.74) is 3.84. The lowest BCUT2D eigenvalue weighted by atomic mass is 10.0. The summed E-state index contributed by atoms with van der Waals surface area (Å²) in [5.74, 6) is 0. The van der Waals surface area contributed by atoms with E-state index in [4.69, 9.17) is 9.57 Å². The average Bonchev–Trinajstić information content (AvgIpc) is 2.06. The Bertz CT molecular complexity index is 180. The van der Waals surface area contributed by atoms with Gasteiger partial charge in [-0.2, -0.15) is 0 Å². The Balaban J connectivity index is 2.07. The highest BCUT2D eigenvalue weighted by atomic mass is 16.6. The van der Waals surface area contributed by atoms with Crippen molar-refractivity contribution in [1.29, 1.82) is 0 Å². The van der Waals surface area contributed by atoms with Crippen molar-refractivity contribution in [3.63, 3.8) is 0 Å². The molecule has 4 heteroatoms. The van der Waals surface area contributed by atoms with E-state index in [1.165, 1.54) is 0 Å². The fourth-order valence-electron chi connectivity index (χ4n) is 1.09. The normalized spacial score (nSPS) is 21.2. The van der Waals surface area contributed by atoms with Gasteiger partial charge in [0.1, 0.15) is 6.10 Å². The highest BCUT2D eigenvalue weighted by Gasteiger charge is 2.21. The molecule has 13 heavy (non-hydrogen) atoms. The van der Waals surface area contributed by atoms with Gasteiger partial charge in [0.2, 0.25) is 0 Å². The van der Waals surface area contributed by atoms with Crippen LogP contribution in [0.3, 0.4) is 0 Å². The van der Waals surface area contributed by atoms with Crippen LogP contribution in [-0.4, -0.2) is 45.4 Å². The van der Waals surface area contributed by atoms with Crippen LogP contribution in [0.15, 0.2) is 11.8 Å². The van der Waals surface area contributed by atoms with Crippen LogP contribution in [0.25, 0.3) is 0 Å². The smallest absolute Gasteiger partial charge is 0.102 e. The van der Waals surface area contributed by atoms with Gasteiger partial charge in [0.05, 0.1) is 19.4 Å². The van der Waals surface area contributed by atoms with Crippen molar-refractivity contribution in [2.45, 2.75) is 12.5 Å². The molecule has 0 aromatic heterocycles. The lowest BCUT2D eigenvalue weighted by molar-refractivity contribution is 0.0202. The summed E-state index contributed by atoms with van der Waals surface area (Å²) >= 11 is 0. The fraction of sp³-hybridized carbons (Fsp3) is 0.778. The summed E-state index contributed by atoms with van der Waals surface area (Å²) in [6, 6.07) is 0. The van der Waals surface area contributed by atoms with E-state index in [2.05, 4.69) is 16.5 Å². The number of ether oxygens (including phenoxy) is 1. The van der Waals surface area contributed by atoms with Gasteiger partial charge in [-0.1, -0.05) is 6.08 Å². The molecule has 0 saturated carbocycles. The van der Waals surface area contributed by atoms with Crippen molar-refractivity contribution >= 4 is 0 Å². The molecule has 0 heterocycles. The van der Waals surface area contributed by atoms with Crippen molar-refractivity contribution in [1.82, 2.24) is 10.4 Å². The minimum Gasteiger partial charge on any atom is -0.370 e. The second-order valence-electron chi connectivity index (χ2n) is 3.36. The van der Waals surface area contributed by atoms with Crippen LogP contribution in [0.1, 0.15) is 6.42 Å². The molecule has 1 aliphatic carbocycles. The lowest BCUT2D eigenvalue weighted by Gasteiger charge is -2.27. The molecule has 0 aliphatic heterocycles. The molecule has 4 nitrogen and oxygen atoms in total. The molecule has 0 radical (unpaired) electrons. The predicted molar refractivity (Wildman–Crippen MR) is 51.1 cm³/mol. The number of nitrogens with one attached hydrogen (secondary N) is 1. The molecular formula is C9H18N2O2. The van der Waals surface area contributed by atoms with Crippen LogP contribution in [0.2, 0.25) is 0 Å². The highest BCUT2D eigenvalue weighted by molar-refractivity contribution is 5.16. The minimum atomic E-state index is 0.208. The Morgan fingerprint density at radius 1 is 1.62 bits per heavy atom. The van der Waals surface area contributed by atoms with E-state index >= 15 is 0 Å². The molecule has 0 bridgehead atoms. The Morgan fingerprint density at radius 2 is 2.38 bits per heavy atom. The lowest BCUT2D eigenvalue weighted by Crippen LogP contribution is -2.33. The summed E-state index contributed by atoms with van der Waals surface area (Å²) in [7, 11) is 5.68. The van der Waals surface area contributed by atoms with Crippen LogP contribution in [0.5, 0.6) is 0 Å². The second kappa shape index (κ2) is 5.21. The standard InChI is InChI=1S/C9H18N2O2/c1-11(2)6-7-13-9-5-4-8(9)10-12-3/h4,9-10H,5-7H2,1-3H3. The molecule has 0 saturated heterocycles. The third-order valence-corrected chi connectivity index (χ3v) is 1.98. The van der Waals surface area contributed by atoms with E-state index in [0.29, 0.717) is 0 Å². The predicted octanol–water partition coefficient (Wildman–Crippen LogP) is 0.372. The van der Waals surface area contributed by atoms with Crippen molar-refractivity contribution in [2.75, 3.05) is 34.4 Å². The van der Waals surface area contributed by atoms with Gasteiger partial charge >= 0.3 is 0 Å². The van der Waals surface area contributed by atoms with Crippen LogP contribution >= 0.6 is 0 Å². The molecule has 0 amide bonds. The van der Waals surface area contributed by atoms with Crippen molar-refractivity contribution in [3.05, 3.63) is 11.8 Å². The van der Waals surface area contributed by atoms with E-state index in [9.17, 15) is 0 Å². The van der Waals surface area contributed by atoms with Gasteiger partial charge in [-0.3, -0.25) is 10.3 Å². The van der Waals surface area contributed by atoms with Gasteiger partial charge in [-0.25, -0.2) is 0 Å². The third-order valence-electron chi connectivity index (χ3n) is 1.98. The highest BCUT2D eigenvalue weighted by Crippen LogP contribution is 2.19. The number of hydrogen-bond acceptors (Lipinski definition) is 4. The maximum Gasteiger partial charge on any atom is 0.102 e. The van der Waals surface area contributed by atoms with E-state index in [1.807, 2.05) is 14.1 Å². The Labute approximate surface area is 79.5 Å². The second-order valence-corrected chi connectivity index (χ2v) is 3.36. The maximum absolute atomic E-state index is 5.60. The van der Waals surface area contributed by atoms with Gasteiger partial charge in [0.15, 0.2) is 0 Å². The molecule has 0 aromatic carbocycles. The number of nitrogens with zero attached hydrogens (tertiary/aromatic N) is 1. The molecule has 76 valence electrons. The summed E-state index contributed by atoms with van der Waals surface area (Å²) in [5, 5.41) is 0. The minimum absolute atomic E-state index is 0.208. The Hall–Kier alpha value is -0.580. The summed E-state index contributed by atoms with van der Waals surface area (Å²) in [4.78, 5) is 6.90. The Kier molecular flexibility index (Phi) is 4.21. The molecule has 1 atom stereocenters. The number of rotatable bonds is 6. The summed E-state index contributed by atoms with van der Waals surface area (Å²) in [6.07, 6.45) is 3.27. The van der Waals surface area contributed by atoms with Gasteiger partial charge in [0.25, 0.3) is 0 Å². The van der Waals surface area contributed by atoms with Crippen LogP contribution < -0.4 is 5.48 Å². The maximum atomic E-state index is 5.60. The average molecular weight is 186 g/mol. The topological polar surface area (TPSA) is 33.7 Å². The van der Waals surface area contributed by atoms with E-state index in [0.717, 1.165) is 25.3 Å². The third kappa shape index (κ3) is 3.34. The van der Waals surface area contributed by atoms with Gasteiger partial charge in [0, 0.05) is 6.54 Å². The number of likely N-dealkylation sites (N-methyl/N-ethyl adjacent to an activating group) is 1. The SMILES string of the molecule is CONC1=CCC1OCCN(C)C. The molecular weight excluding hydrogens is 168 g/mol. The van der Waals surface area contributed by atoms with Crippen LogP contribution in [0, 0.1) is 0 Å². The molecule has 0 spiro atoms. The van der Waals surface area contributed by atoms with Crippen LogP contribution in [-0.2, 0) is 9.57 Å². The first-order chi connectivity index (χ1) is 6.24. The van der Waals surface area contributed by atoms with Gasteiger partial charge < -0.3 is 9.64 Å². The van der Waals surface area contributed by atoms with Gasteiger partial charge in [-0.05, 0) is 20.5 Å². The molecule has 0 fully saturated rings. The monoisotopic (exact) mass is 186 g/mol. The first-order valence-electron chi connectivity index (χ1n) is 4.49. The van der Waals surface area contributed by atoms with E-state index in [-0.39, 0.29) is 6.10 Å². The molecule has 1 N–H and O–H groups in total. The number of hydroxylamine groups is 1. The largest absolute Gasteiger partial charge is 0.370 e. The summed E-state index contributed by atoms with van der Waals surface area (Å²) < 4.78 is 5.60. The zero-order valence-electron chi connectivity index (χ0n) is 8.54. The Morgan fingerprint density at radius 3 is 2.85 bits per heavy atom. The molecule has 1 unspecified atom stereocenters. The van der Waals surface area contributed by atoms with E-state index in [1.54, 1.807) is 7.11 Å². The van der Waals surface area contributed by atoms with Crippen molar-refractivity contribution < 1.29 is 9.57 Å². The molecule has 0 aromatic rings. The zero-order valence-corrected chi connectivity index (χ0v) is 8.54. The van der Waals surface area contributed by atoms with Crippen LogP contribution in [0.4, 0.5) is 0 Å². The zero-order chi connectivity index (χ0) is 9.68. The number of hydrogen-bond donors (Lipinski definition) is 1. The van der Waals surface area contributed by atoms with Crippen molar-refractivity contribution in [2.24, 2.45) is 0 Å².